The van der Waals surface area contributed by atoms with Gasteiger partial charge in [-0.15, -0.1) is 0 Å². The number of piperazine rings is 1. The first kappa shape index (κ1) is 14.3. The molecule has 0 saturated carbocycles. The van der Waals surface area contributed by atoms with Crippen molar-refractivity contribution in [1.82, 2.24) is 19.8 Å². The van der Waals surface area contributed by atoms with Crippen LogP contribution in [0.25, 0.3) is 0 Å². The monoisotopic (exact) mass is 289 g/mol. The van der Waals surface area contributed by atoms with Crippen LogP contribution >= 0.6 is 0 Å². The number of aromatic nitrogens is 2. The maximum absolute atomic E-state index is 11.4. The smallest absolute Gasteiger partial charge is 0.225 e. The third-order valence-electron chi connectivity index (χ3n) is 4.58. The van der Waals surface area contributed by atoms with Crippen molar-refractivity contribution in [3.63, 3.8) is 0 Å². The highest BCUT2D eigenvalue weighted by molar-refractivity contribution is 5.73. The molecule has 2 saturated heterocycles. The number of hydrogen-bond acceptors (Lipinski definition) is 5. The van der Waals surface area contributed by atoms with Gasteiger partial charge in [-0.3, -0.25) is 9.69 Å². The molecule has 6 heteroatoms. The fraction of sp³-hybridized carbons (Fsp3) is 0.667. The largest absolute Gasteiger partial charge is 0.343 e. The molecule has 0 atom stereocenters. The lowest BCUT2D eigenvalue weighted by Crippen LogP contribution is -2.53. The second-order valence-corrected chi connectivity index (χ2v) is 5.81. The number of anilines is 1. The quantitative estimate of drug-likeness (QED) is 0.798. The minimum atomic E-state index is 0.208. The molecule has 3 rings (SSSR count). The molecule has 6 nitrogen and oxygen atoms in total. The first-order valence-electron chi connectivity index (χ1n) is 7.75. The van der Waals surface area contributed by atoms with E-state index in [2.05, 4.69) is 19.8 Å². The van der Waals surface area contributed by atoms with Gasteiger partial charge in [0, 0.05) is 64.6 Å². The molecule has 114 valence electrons. The van der Waals surface area contributed by atoms with E-state index in [1.54, 1.807) is 19.3 Å². The number of rotatable bonds is 2. The minimum absolute atomic E-state index is 0.208. The molecular formula is C15H23N5O. The summed E-state index contributed by atoms with van der Waals surface area (Å²) in [7, 11) is 0. The fourth-order valence-electron chi connectivity index (χ4n) is 3.29. The second kappa shape index (κ2) is 6.39. The van der Waals surface area contributed by atoms with Gasteiger partial charge in [0.2, 0.25) is 11.9 Å². The van der Waals surface area contributed by atoms with Gasteiger partial charge in [0.1, 0.15) is 0 Å². The van der Waals surface area contributed by atoms with Crippen LogP contribution < -0.4 is 4.90 Å². The summed E-state index contributed by atoms with van der Waals surface area (Å²) in [6, 6.07) is 2.47. The average Bonchev–Trinajstić information content (AvgIpc) is 2.56. The summed E-state index contributed by atoms with van der Waals surface area (Å²) in [6.07, 6.45) is 5.79. The van der Waals surface area contributed by atoms with E-state index >= 15 is 0 Å². The molecule has 0 spiro atoms. The van der Waals surface area contributed by atoms with Crippen LogP contribution in [-0.4, -0.2) is 71.0 Å². The Kier molecular flexibility index (Phi) is 4.34. The Morgan fingerprint density at radius 2 is 1.67 bits per heavy atom. The summed E-state index contributed by atoms with van der Waals surface area (Å²) in [5, 5.41) is 0. The van der Waals surface area contributed by atoms with Gasteiger partial charge in [0.25, 0.3) is 0 Å². The van der Waals surface area contributed by atoms with E-state index in [1.807, 2.05) is 11.0 Å². The van der Waals surface area contributed by atoms with Crippen molar-refractivity contribution < 1.29 is 4.79 Å². The van der Waals surface area contributed by atoms with Crippen LogP contribution in [0.1, 0.15) is 19.8 Å². The highest BCUT2D eigenvalue weighted by Gasteiger charge is 2.28. The molecule has 0 bridgehead atoms. The lowest BCUT2D eigenvalue weighted by atomic mass is 10.0. The maximum Gasteiger partial charge on any atom is 0.225 e. The van der Waals surface area contributed by atoms with Crippen molar-refractivity contribution >= 4 is 11.9 Å². The molecule has 2 aliphatic heterocycles. The van der Waals surface area contributed by atoms with Gasteiger partial charge >= 0.3 is 0 Å². The number of carbonyl (C=O) groups excluding carboxylic acids is 1. The summed E-state index contributed by atoms with van der Waals surface area (Å²) in [5.74, 6) is 1.04. The van der Waals surface area contributed by atoms with Crippen LogP contribution in [0.4, 0.5) is 5.95 Å². The Hall–Kier alpha value is -1.69. The molecule has 0 aromatic carbocycles. The predicted octanol–water partition coefficient (Wildman–Crippen LogP) is 0.609. The molecule has 0 radical (unpaired) electrons. The van der Waals surface area contributed by atoms with Crippen LogP contribution in [0.3, 0.4) is 0 Å². The van der Waals surface area contributed by atoms with Crippen LogP contribution in [0.2, 0.25) is 0 Å². The topological polar surface area (TPSA) is 52.6 Å². The van der Waals surface area contributed by atoms with E-state index in [1.165, 1.54) is 0 Å². The van der Waals surface area contributed by atoms with Crippen molar-refractivity contribution in [1.29, 1.82) is 0 Å². The molecule has 1 aromatic rings. The first-order valence-corrected chi connectivity index (χ1v) is 7.75. The highest BCUT2D eigenvalue weighted by atomic mass is 16.2. The van der Waals surface area contributed by atoms with E-state index < -0.39 is 0 Å². The number of likely N-dealkylation sites (tertiary alicyclic amines) is 1. The Bertz CT molecular complexity index is 464. The van der Waals surface area contributed by atoms with Crippen LogP contribution in [0, 0.1) is 0 Å². The fourth-order valence-corrected chi connectivity index (χ4v) is 3.29. The highest BCUT2D eigenvalue weighted by Crippen LogP contribution is 2.19. The normalized spacial score (nSPS) is 21.6. The van der Waals surface area contributed by atoms with Gasteiger partial charge in [-0.05, 0) is 18.9 Å². The van der Waals surface area contributed by atoms with Gasteiger partial charge in [0.05, 0.1) is 0 Å². The minimum Gasteiger partial charge on any atom is -0.343 e. The number of amides is 1. The Labute approximate surface area is 125 Å². The lowest BCUT2D eigenvalue weighted by molar-refractivity contribution is -0.130. The number of hydrogen-bond donors (Lipinski definition) is 0. The summed E-state index contributed by atoms with van der Waals surface area (Å²) in [6.45, 7) is 7.56. The van der Waals surface area contributed by atoms with Gasteiger partial charge in [-0.2, -0.15) is 0 Å². The third-order valence-corrected chi connectivity index (χ3v) is 4.58. The van der Waals surface area contributed by atoms with Crippen molar-refractivity contribution in [2.75, 3.05) is 44.2 Å². The van der Waals surface area contributed by atoms with Gasteiger partial charge in [0.15, 0.2) is 0 Å². The molecule has 2 aliphatic rings. The standard InChI is InChI=1S/C15H23N5O/c1-13(21)18-7-3-14(4-8-18)19-9-11-20(12-10-19)15-16-5-2-6-17-15/h2,5-6,14H,3-4,7-12H2,1H3. The molecular weight excluding hydrogens is 266 g/mol. The predicted molar refractivity (Wildman–Crippen MR) is 81.1 cm³/mol. The number of piperidine rings is 1. The van der Waals surface area contributed by atoms with Crippen molar-refractivity contribution in [3.8, 4) is 0 Å². The average molecular weight is 289 g/mol. The zero-order chi connectivity index (χ0) is 14.7. The Balaban J connectivity index is 1.49. The molecule has 0 aliphatic carbocycles. The third kappa shape index (κ3) is 3.32. The zero-order valence-electron chi connectivity index (χ0n) is 12.6. The van der Waals surface area contributed by atoms with E-state index in [-0.39, 0.29) is 5.91 Å². The summed E-state index contributed by atoms with van der Waals surface area (Å²) < 4.78 is 0. The molecule has 2 fully saturated rings. The van der Waals surface area contributed by atoms with Crippen molar-refractivity contribution in [2.24, 2.45) is 0 Å². The van der Waals surface area contributed by atoms with Crippen LogP contribution in [0.15, 0.2) is 18.5 Å². The van der Waals surface area contributed by atoms with Gasteiger partial charge in [-0.1, -0.05) is 0 Å². The van der Waals surface area contributed by atoms with Crippen molar-refractivity contribution in [3.05, 3.63) is 18.5 Å². The van der Waals surface area contributed by atoms with Crippen LogP contribution in [-0.2, 0) is 4.79 Å². The van der Waals surface area contributed by atoms with Crippen molar-refractivity contribution in [2.45, 2.75) is 25.8 Å². The number of carbonyl (C=O) groups is 1. The molecule has 21 heavy (non-hydrogen) atoms. The lowest BCUT2D eigenvalue weighted by Gasteiger charge is -2.42. The first-order chi connectivity index (χ1) is 10.2. The second-order valence-electron chi connectivity index (χ2n) is 5.81. The summed E-state index contributed by atoms with van der Waals surface area (Å²) in [5.41, 5.74) is 0. The van der Waals surface area contributed by atoms with Gasteiger partial charge in [-0.25, -0.2) is 9.97 Å². The van der Waals surface area contributed by atoms with E-state index in [0.717, 1.165) is 58.1 Å². The van der Waals surface area contributed by atoms with E-state index in [9.17, 15) is 4.79 Å². The van der Waals surface area contributed by atoms with Gasteiger partial charge < -0.3 is 9.80 Å². The molecule has 0 N–H and O–H groups in total. The van der Waals surface area contributed by atoms with E-state index in [4.69, 9.17) is 0 Å². The summed E-state index contributed by atoms with van der Waals surface area (Å²) >= 11 is 0. The van der Waals surface area contributed by atoms with Crippen LogP contribution in [0.5, 0.6) is 0 Å². The Morgan fingerprint density at radius 1 is 1.05 bits per heavy atom. The van der Waals surface area contributed by atoms with E-state index in [0.29, 0.717) is 6.04 Å². The number of nitrogens with zero attached hydrogens (tertiary/aromatic N) is 5. The SMILES string of the molecule is CC(=O)N1CCC(N2CCN(c3ncccn3)CC2)CC1. The molecule has 1 amide bonds. The Morgan fingerprint density at radius 3 is 2.24 bits per heavy atom. The molecule has 3 heterocycles. The molecule has 0 unspecified atom stereocenters. The summed E-state index contributed by atoms with van der Waals surface area (Å²) in [4.78, 5) is 26.8. The zero-order valence-corrected chi connectivity index (χ0v) is 12.6. The maximum atomic E-state index is 11.4. The molecule has 1 aromatic heterocycles.